The quantitative estimate of drug-likeness (QED) is 0.0261. The molecule has 0 amide bonds. The van der Waals surface area contributed by atoms with Crippen molar-refractivity contribution in [2.24, 2.45) is 5.41 Å². The van der Waals surface area contributed by atoms with Crippen molar-refractivity contribution in [3.8, 4) is 5.88 Å². The molecule has 0 bridgehead atoms. The molecule has 1 aromatic heterocycles. The van der Waals surface area contributed by atoms with Gasteiger partial charge in [-0.25, -0.2) is 4.79 Å². The molecule has 2 heterocycles. The van der Waals surface area contributed by atoms with Crippen LogP contribution in [0, 0.1) is 5.41 Å². The predicted molar refractivity (Wildman–Crippen MR) is 329 cm³/mol. The Hall–Kier alpha value is -3.79. The van der Waals surface area contributed by atoms with Gasteiger partial charge < -0.3 is 33.2 Å². The number of hydrogen-bond donors (Lipinski definition) is 0. The summed E-state index contributed by atoms with van der Waals surface area (Å²) < 4.78 is 49.1. The topological polar surface area (TPSA) is 176 Å². The molecule has 15 nitrogen and oxygen atoms in total. The molecule has 82 heavy (non-hydrogen) atoms. The van der Waals surface area contributed by atoms with Gasteiger partial charge in [0.25, 0.3) is 5.88 Å². The molecule has 2 atom stereocenters. The summed E-state index contributed by atoms with van der Waals surface area (Å²) in [6.07, 6.45) is 41.7. The van der Waals surface area contributed by atoms with E-state index in [1.807, 2.05) is 20.8 Å². The van der Waals surface area contributed by atoms with Crippen LogP contribution in [0.15, 0.2) is 6.08 Å². The van der Waals surface area contributed by atoms with Crippen molar-refractivity contribution < 1.29 is 61.6 Å². The van der Waals surface area contributed by atoms with Gasteiger partial charge in [-0.1, -0.05) is 233 Å². The largest absolute Gasteiger partial charge is 0.512 e. The Morgan fingerprint density at radius 1 is 0.524 bits per heavy atom. The first-order valence-electron chi connectivity index (χ1n) is 33.2. The summed E-state index contributed by atoms with van der Waals surface area (Å²) in [5.74, 6) is -0.883. The average molecular weight is 1180 g/mol. The number of carbonyl (C=O) groups is 5. The summed E-state index contributed by atoms with van der Waals surface area (Å²) in [7, 11) is 2.05. The summed E-state index contributed by atoms with van der Waals surface area (Å²) in [5, 5.41) is 0. The number of esters is 4. The minimum atomic E-state index is -0.864. The molecular weight excluding hydrogens is 1060 g/mol. The van der Waals surface area contributed by atoms with Crippen LogP contribution in [-0.2, 0) is 47.6 Å². The number of carbonyl (C=O) groups excluding carboxylic acids is 5. The molecule has 0 aliphatic carbocycles. The summed E-state index contributed by atoms with van der Waals surface area (Å²) in [6, 6.07) is 0. The maximum Gasteiger partial charge on any atom is 0.512 e. The van der Waals surface area contributed by atoms with Crippen LogP contribution < -0.4 is 4.74 Å². The second kappa shape index (κ2) is 48.4. The van der Waals surface area contributed by atoms with E-state index in [1.165, 1.54) is 135 Å². The normalized spacial score (nSPS) is 14.8. The summed E-state index contributed by atoms with van der Waals surface area (Å²) in [5.41, 5.74) is 1.11. The van der Waals surface area contributed by atoms with Crippen LogP contribution in [0.4, 0.5) is 4.79 Å². The van der Waals surface area contributed by atoms with Gasteiger partial charge in [0.1, 0.15) is 32.1 Å². The maximum absolute atomic E-state index is 13.0. The van der Waals surface area contributed by atoms with E-state index < -0.39 is 29.9 Å². The van der Waals surface area contributed by atoms with Crippen molar-refractivity contribution in [1.29, 1.82) is 0 Å². The minimum absolute atomic E-state index is 0.00940. The van der Waals surface area contributed by atoms with Crippen LogP contribution in [0.5, 0.6) is 5.88 Å². The molecule has 1 aliphatic rings. The van der Waals surface area contributed by atoms with Crippen LogP contribution in [0.25, 0.3) is 5.57 Å². The first-order chi connectivity index (χ1) is 39.7. The van der Waals surface area contributed by atoms with Crippen molar-refractivity contribution in [2.45, 2.75) is 311 Å². The van der Waals surface area contributed by atoms with Crippen LogP contribution in [0.2, 0.25) is 0 Å². The molecule has 1 aliphatic heterocycles. The van der Waals surface area contributed by atoms with E-state index in [0.29, 0.717) is 49.2 Å². The first kappa shape index (κ1) is 74.3. The van der Waals surface area contributed by atoms with Crippen molar-refractivity contribution in [1.82, 2.24) is 8.75 Å². The minimum Gasteiger partial charge on any atom is -0.475 e. The number of aromatic nitrogens is 2. The van der Waals surface area contributed by atoms with Gasteiger partial charge in [0.15, 0.2) is 6.10 Å². The van der Waals surface area contributed by atoms with E-state index in [4.69, 9.17) is 33.2 Å². The first-order valence-corrected chi connectivity index (χ1v) is 33.9. The number of ether oxygens (including phenoxy) is 7. The fraction of sp³-hybridized carbons (Fsp3) is 0.864. The van der Waals surface area contributed by atoms with Crippen molar-refractivity contribution in [3.05, 3.63) is 11.8 Å². The third kappa shape index (κ3) is 38.9. The fourth-order valence-corrected chi connectivity index (χ4v) is 10.8. The van der Waals surface area contributed by atoms with Gasteiger partial charge in [-0.3, -0.25) is 23.7 Å². The molecule has 0 fully saturated rings. The number of rotatable bonds is 54. The lowest BCUT2D eigenvalue weighted by Gasteiger charge is -2.41. The Morgan fingerprint density at radius 3 is 1.44 bits per heavy atom. The fourth-order valence-electron chi connectivity index (χ4n) is 10.3. The molecule has 1 unspecified atom stereocenters. The second-order valence-corrected chi connectivity index (χ2v) is 25.0. The molecular formula is C66H118N3O12S+. The maximum atomic E-state index is 13.0. The van der Waals surface area contributed by atoms with Crippen LogP contribution in [-0.4, -0.2) is 109 Å². The summed E-state index contributed by atoms with van der Waals surface area (Å²) >= 11 is 1.14. The monoisotopic (exact) mass is 1180 g/mol. The lowest BCUT2D eigenvalue weighted by molar-refractivity contribution is -0.944. The highest BCUT2D eigenvalue weighted by Gasteiger charge is 2.38. The lowest BCUT2D eigenvalue weighted by atomic mass is 9.90. The number of unbranched alkanes of at least 4 members (excludes halogenated alkanes) is 31. The molecule has 0 radical (unpaired) electrons. The number of nitrogens with zero attached hydrogens (tertiary/aromatic N) is 3. The molecule has 474 valence electrons. The zero-order valence-corrected chi connectivity index (χ0v) is 53.9. The predicted octanol–water partition coefficient (Wildman–Crippen LogP) is 17.5. The highest BCUT2D eigenvalue weighted by atomic mass is 32.1. The van der Waals surface area contributed by atoms with Crippen molar-refractivity contribution in [3.63, 3.8) is 0 Å². The zero-order valence-electron chi connectivity index (χ0n) is 53.1. The highest BCUT2D eigenvalue weighted by Crippen LogP contribution is 2.32. The molecule has 0 aromatic carbocycles. The van der Waals surface area contributed by atoms with Gasteiger partial charge in [-0.05, 0) is 32.1 Å². The molecule has 16 heteroatoms. The van der Waals surface area contributed by atoms with Gasteiger partial charge in [0.05, 0.1) is 45.0 Å². The number of quaternary nitrogens is 1. The zero-order chi connectivity index (χ0) is 59.8. The van der Waals surface area contributed by atoms with E-state index in [0.717, 1.165) is 113 Å². The summed E-state index contributed by atoms with van der Waals surface area (Å²) in [4.78, 5) is 64.2. The number of hydrogen-bond acceptors (Lipinski definition) is 15. The van der Waals surface area contributed by atoms with E-state index in [2.05, 4.69) is 42.6 Å². The van der Waals surface area contributed by atoms with Crippen LogP contribution in [0.1, 0.15) is 304 Å². The van der Waals surface area contributed by atoms with Gasteiger partial charge in [0, 0.05) is 43.6 Å². The van der Waals surface area contributed by atoms with Crippen LogP contribution in [0.3, 0.4) is 0 Å². The smallest absolute Gasteiger partial charge is 0.475 e. The summed E-state index contributed by atoms with van der Waals surface area (Å²) in [6.45, 7) is 14.2. The van der Waals surface area contributed by atoms with Crippen molar-refractivity contribution in [2.75, 3.05) is 53.2 Å². The Bertz CT molecular complexity index is 1800. The molecule has 0 N–H and O–H groups in total. The molecule has 2 rings (SSSR count). The molecule has 0 spiro atoms. The second-order valence-electron chi connectivity index (χ2n) is 24.5. The van der Waals surface area contributed by atoms with E-state index in [-0.39, 0.29) is 57.2 Å². The lowest BCUT2D eigenvalue weighted by Crippen LogP contribution is -2.55. The third-order valence-corrected chi connectivity index (χ3v) is 16.3. The third-order valence-electron chi connectivity index (χ3n) is 15.8. The SMILES string of the molecule is CCCCCCCCCCCCCCCC(=O)OCC(COC(=O)CCCCCCCCCCCCCCC)OC(=O)CCCCCCCOC(=O)CC(C)(C)COC(=O)O[C@H](C)[N+]1(C)CCC=C(c2nsnc2OCCCCCC)C1. The van der Waals surface area contributed by atoms with E-state index in [1.54, 1.807) is 0 Å². The Balaban J connectivity index is 1.67. The Kier molecular flexibility index (Phi) is 43.9. The highest BCUT2D eigenvalue weighted by molar-refractivity contribution is 6.99. The Morgan fingerprint density at radius 2 is 0.951 bits per heavy atom. The van der Waals surface area contributed by atoms with Crippen LogP contribution >= 0.6 is 11.7 Å². The number of likely N-dealkylation sites (N-methyl/N-ethyl adjacent to an activating group) is 1. The molecule has 0 saturated heterocycles. The van der Waals surface area contributed by atoms with Gasteiger partial charge in [0.2, 0.25) is 6.23 Å². The van der Waals surface area contributed by atoms with Gasteiger partial charge in [-0.15, -0.1) is 4.37 Å². The molecule has 0 saturated carbocycles. The van der Waals surface area contributed by atoms with E-state index >= 15 is 0 Å². The van der Waals surface area contributed by atoms with Crippen molar-refractivity contribution >= 4 is 47.3 Å². The standard InChI is InChI=1S/C66H118N3O12S/c1-8-11-14-17-19-21-23-25-27-29-31-34-38-45-59(70)77-53-58(54-78-60(71)46-39-35-32-30-28-26-24-22-20-18-15-12-9-2)81-61(72)47-40-36-33-37-42-49-75-62(73)51-66(5,6)55-79-65(74)80-56(4)69(7)48-43-44-57(52-69)63-64(68-82-67-63)76-50-41-16-13-10-3/h44,56,58H,8-43,45-55H2,1-7H3/q+1/t56-,69?/m1/s1. The average Bonchev–Trinajstić information content (AvgIpc) is 4.08. The van der Waals surface area contributed by atoms with Gasteiger partial charge >= 0.3 is 30.0 Å². The van der Waals surface area contributed by atoms with Gasteiger partial charge in [-0.2, -0.15) is 4.37 Å². The molecule has 1 aromatic rings. The Labute approximate surface area is 502 Å². The van der Waals surface area contributed by atoms with E-state index in [9.17, 15) is 24.0 Å².